The maximum Gasteiger partial charge on any atom is 0.323 e. The van der Waals surface area contributed by atoms with Crippen molar-refractivity contribution in [3.05, 3.63) is 65.7 Å². The molecule has 0 aliphatic heterocycles. The molecule has 0 radical (unpaired) electrons. The first-order chi connectivity index (χ1) is 10.9. The summed E-state index contributed by atoms with van der Waals surface area (Å²) in [6.45, 7) is 0.163. The summed E-state index contributed by atoms with van der Waals surface area (Å²) in [5.41, 5.74) is 7.41. The van der Waals surface area contributed by atoms with Crippen molar-refractivity contribution in [1.82, 2.24) is 0 Å². The smallest absolute Gasteiger partial charge is 0.323 e. The van der Waals surface area contributed by atoms with E-state index in [1.54, 1.807) is 12.1 Å². The minimum atomic E-state index is -3.28. The van der Waals surface area contributed by atoms with Crippen molar-refractivity contribution in [2.24, 2.45) is 5.73 Å². The second-order valence-corrected chi connectivity index (χ2v) is 7.34. The Labute approximate surface area is 148 Å². The highest BCUT2D eigenvalue weighted by atomic mass is 35.5. The van der Waals surface area contributed by atoms with E-state index in [1.165, 1.54) is 12.1 Å². The zero-order valence-corrected chi connectivity index (χ0v) is 14.8. The Morgan fingerprint density at radius 2 is 1.71 bits per heavy atom. The monoisotopic (exact) mass is 369 g/mol. The number of carbonyl (C=O) groups excluding carboxylic acids is 1. The fraction of sp³-hybridized carbons (Fsp3) is 0.235. The lowest BCUT2D eigenvalue weighted by Crippen LogP contribution is -2.34. The number of carbonyl (C=O) groups is 1. The highest BCUT2D eigenvalue weighted by molar-refractivity contribution is 7.90. The molecule has 0 unspecified atom stereocenters. The van der Waals surface area contributed by atoms with Gasteiger partial charge in [0.05, 0.1) is 4.90 Å². The summed E-state index contributed by atoms with van der Waals surface area (Å²) >= 11 is 0. The molecule has 0 amide bonds. The molecule has 0 heterocycles. The summed E-state index contributed by atoms with van der Waals surface area (Å²) in [4.78, 5) is 12.1. The third-order valence-corrected chi connectivity index (χ3v) is 4.42. The molecule has 0 saturated carbocycles. The highest BCUT2D eigenvalue weighted by Gasteiger charge is 2.17. The molecule has 1 atom stereocenters. The number of hydrogen-bond donors (Lipinski definition) is 1. The number of rotatable bonds is 6. The SMILES string of the molecule is CS(=O)(=O)c1cccc(C[C@H](N)C(=O)OCc2ccccc2)c1.Cl. The zero-order valence-electron chi connectivity index (χ0n) is 13.2. The van der Waals surface area contributed by atoms with Crippen LogP contribution in [0.2, 0.25) is 0 Å². The molecule has 2 aromatic carbocycles. The fourth-order valence-corrected chi connectivity index (χ4v) is 2.77. The molecule has 2 aromatic rings. The molecule has 2 rings (SSSR count). The summed E-state index contributed by atoms with van der Waals surface area (Å²) in [5, 5.41) is 0. The Hall–Kier alpha value is -1.89. The Kier molecular flexibility index (Phi) is 7.41. The van der Waals surface area contributed by atoms with Crippen molar-refractivity contribution in [3.8, 4) is 0 Å². The van der Waals surface area contributed by atoms with Crippen LogP contribution in [0.15, 0.2) is 59.5 Å². The molecule has 0 fully saturated rings. The van der Waals surface area contributed by atoms with Gasteiger partial charge < -0.3 is 10.5 Å². The predicted octanol–water partition coefficient (Wildman–Crippen LogP) is 2.13. The van der Waals surface area contributed by atoms with Crippen LogP contribution < -0.4 is 5.73 Å². The van der Waals surface area contributed by atoms with Gasteiger partial charge in [0, 0.05) is 6.26 Å². The number of benzene rings is 2. The molecule has 0 aliphatic carbocycles. The van der Waals surface area contributed by atoms with Crippen molar-refractivity contribution in [1.29, 1.82) is 0 Å². The second-order valence-electron chi connectivity index (χ2n) is 5.32. The van der Waals surface area contributed by atoms with Gasteiger partial charge in [-0.15, -0.1) is 12.4 Å². The van der Waals surface area contributed by atoms with Crippen molar-refractivity contribution in [3.63, 3.8) is 0 Å². The van der Waals surface area contributed by atoms with E-state index in [9.17, 15) is 13.2 Å². The van der Waals surface area contributed by atoms with E-state index in [0.717, 1.165) is 11.8 Å². The van der Waals surface area contributed by atoms with Gasteiger partial charge in [0.2, 0.25) is 0 Å². The summed E-state index contributed by atoms with van der Waals surface area (Å²) in [5.74, 6) is -0.515. The average molecular weight is 370 g/mol. The highest BCUT2D eigenvalue weighted by Crippen LogP contribution is 2.13. The summed E-state index contributed by atoms with van der Waals surface area (Å²) < 4.78 is 28.3. The van der Waals surface area contributed by atoms with E-state index in [0.29, 0.717) is 5.56 Å². The topological polar surface area (TPSA) is 86.5 Å². The molecule has 5 nitrogen and oxygen atoms in total. The fourth-order valence-electron chi connectivity index (χ4n) is 2.08. The molecular formula is C17H20ClNO4S. The van der Waals surface area contributed by atoms with E-state index >= 15 is 0 Å². The van der Waals surface area contributed by atoms with Crippen LogP contribution in [0.25, 0.3) is 0 Å². The zero-order chi connectivity index (χ0) is 16.9. The van der Waals surface area contributed by atoms with Gasteiger partial charge in [0.25, 0.3) is 0 Å². The molecule has 0 aromatic heterocycles. The standard InChI is InChI=1S/C17H19NO4S.ClH/c1-23(20,21)15-9-5-8-14(10-15)11-16(18)17(19)22-12-13-6-3-2-4-7-13;/h2-10,16H,11-12,18H2,1H3;1H/t16-;/m0./s1. The summed E-state index contributed by atoms with van der Waals surface area (Å²) in [6.07, 6.45) is 1.36. The summed E-state index contributed by atoms with van der Waals surface area (Å²) in [7, 11) is -3.28. The summed E-state index contributed by atoms with van der Waals surface area (Å²) in [6, 6.07) is 14.9. The van der Waals surface area contributed by atoms with Crippen LogP contribution in [-0.4, -0.2) is 26.7 Å². The molecule has 7 heteroatoms. The van der Waals surface area contributed by atoms with Crippen LogP contribution in [0.3, 0.4) is 0 Å². The normalized spacial score (nSPS) is 12.1. The maximum atomic E-state index is 11.9. The lowest BCUT2D eigenvalue weighted by atomic mass is 10.1. The largest absolute Gasteiger partial charge is 0.460 e. The van der Waals surface area contributed by atoms with Gasteiger partial charge in [0.15, 0.2) is 9.84 Å². The Bertz CT molecular complexity index is 778. The van der Waals surface area contributed by atoms with E-state index in [2.05, 4.69) is 0 Å². The number of sulfone groups is 1. The average Bonchev–Trinajstić information content (AvgIpc) is 2.53. The predicted molar refractivity (Wildman–Crippen MR) is 94.7 cm³/mol. The van der Waals surface area contributed by atoms with Crippen LogP contribution in [-0.2, 0) is 32.4 Å². The molecule has 0 bridgehead atoms. The van der Waals surface area contributed by atoms with Crippen molar-refractivity contribution >= 4 is 28.2 Å². The van der Waals surface area contributed by atoms with Gasteiger partial charge in [-0.05, 0) is 29.7 Å². The second kappa shape index (κ2) is 8.82. The van der Waals surface area contributed by atoms with Crippen LogP contribution >= 0.6 is 12.4 Å². The minimum absolute atomic E-state index is 0. The van der Waals surface area contributed by atoms with Gasteiger partial charge in [-0.25, -0.2) is 8.42 Å². The maximum absolute atomic E-state index is 11.9. The number of ether oxygens (including phenoxy) is 1. The number of halogens is 1. The van der Waals surface area contributed by atoms with Crippen LogP contribution in [0.4, 0.5) is 0 Å². The Morgan fingerprint density at radius 3 is 2.33 bits per heavy atom. The number of esters is 1. The molecule has 0 saturated heterocycles. The van der Waals surface area contributed by atoms with Crippen LogP contribution in [0.5, 0.6) is 0 Å². The van der Waals surface area contributed by atoms with E-state index in [1.807, 2.05) is 30.3 Å². The van der Waals surface area contributed by atoms with Crippen molar-refractivity contribution in [2.75, 3.05) is 6.26 Å². The molecular weight excluding hydrogens is 350 g/mol. The number of hydrogen-bond acceptors (Lipinski definition) is 5. The van der Waals surface area contributed by atoms with Gasteiger partial charge >= 0.3 is 5.97 Å². The minimum Gasteiger partial charge on any atom is -0.460 e. The Morgan fingerprint density at radius 1 is 1.08 bits per heavy atom. The van der Waals surface area contributed by atoms with E-state index < -0.39 is 21.8 Å². The van der Waals surface area contributed by atoms with Crippen LogP contribution in [0, 0.1) is 0 Å². The van der Waals surface area contributed by atoms with Crippen molar-refractivity contribution < 1.29 is 17.9 Å². The molecule has 130 valence electrons. The first-order valence-corrected chi connectivity index (χ1v) is 9.00. The molecule has 24 heavy (non-hydrogen) atoms. The first-order valence-electron chi connectivity index (χ1n) is 7.11. The van der Waals surface area contributed by atoms with Gasteiger partial charge in [-0.2, -0.15) is 0 Å². The lowest BCUT2D eigenvalue weighted by molar-refractivity contribution is -0.146. The van der Waals surface area contributed by atoms with Gasteiger partial charge in [-0.1, -0.05) is 42.5 Å². The van der Waals surface area contributed by atoms with Gasteiger partial charge in [0.1, 0.15) is 12.6 Å². The quantitative estimate of drug-likeness (QED) is 0.788. The van der Waals surface area contributed by atoms with E-state index in [-0.39, 0.29) is 30.3 Å². The number of nitrogens with two attached hydrogens (primary N) is 1. The molecule has 0 aliphatic rings. The lowest BCUT2D eigenvalue weighted by Gasteiger charge is -2.12. The third-order valence-electron chi connectivity index (χ3n) is 3.31. The van der Waals surface area contributed by atoms with Crippen LogP contribution in [0.1, 0.15) is 11.1 Å². The van der Waals surface area contributed by atoms with Gasteiger partial charge in [-0.3, -0.25) is 4.79 Å². The molecule has 2 N–H and O–H groups in total. The molecule has 0 spiro atoms. The Balaban J connectivity index is 0.00000288. The first kappa shape index (κ1) is 20.2. The third kappa shape index (κ3) is 5.96. The van der Waals surface area contributed by atoms with Crippen molar-refractivity contribution in [2.45, 2.75) is 24.0 Å². The van der Waals surface area contributed by atoms with E-state index in [4.69, 9.17) is 10.5 Å².